The molecular formula is C15H22ClN. The number of hydrogen-bond donors (Lipinski definition) is 1. The summed E-state index contributed by atoms with van der Waals surface area (Å²) in [6.45, 7) is 3.44. The van der Waals surface area contributed by atoms with Gasteiger partial charge >= 0.3 is 0 Å². The molecule has 1 saturated heterocycles. The van der Waals surface area contributed by atoms with Crippen molar-refractivity contribution in [3.05, 3.63) is 34.9 Å². The fourth-order valence-electron chi connectivity index (χ4n) is 3.00. The first-order chi connectivity index (χ1) is 8.24. The Morgan fingerprint density at radius 3 is 2.88 bits per heavy atom. The van der Waals surface area contributed by atoms with E-state index in [0.29, 0.717) is 5.54 Å². The summed E-state index contributed by atoms with van der Waals surface area (Å²) in [5, 5.41) is 4.61. The van der Waals surface area contributed by atoms with Gasteiger partial charge in [-0.3, -0.25) is 0 Å². The maximum Gasteiger partial charge on any atom is 0.0408 e. The molecule has 1 fully saturated rings. The Bertz CT molecular complexity index is 350. The second-order valence-corrected chi connectivity index (χ2v) is 5.66. The highest BCUT2D eigenvalue weighted by atomic mass is 35.5. The van der Waals surface area contributed by atoms with Crippen molar-refractivity contribution in [3.63, 3.8) is 0 Å². The molecule has 1 heterocycles. The van der Waals surface area contributed by atoms with Crippen LogP contribution in [0.4, 0.5) is 0 Å². The first kappa shape index (κ1) is 12.9. The van der Waals surface area contributed by atoms with E-state index in [2.05, 4.69) is 30.4 Å². The van der Waals surface area contributed by atoms with Gasteiger partial charge in [0.05, 0.1) is 0 Å². The van der Waals surface area contributed by atoms with Crippen molar-refractivity contribution < 1.29 is 0 Å². The second kappa shape index (κ2) is 5.88. The van der Waals surface area contributed by atoms with Crippen molar-refractivity contribution in [2.75, 3.05) is 6.54 Å². The Kier molecular flexibility index (Phi) is 4.47. The molecule has 17 heavy (non-hydrogen) atoms. The predicted octanol–water partition coefficient (Wildman–Crippen LogP) is 4.19. The van der Waals surface area contributed by atoms with E-state index in [0.717, 1.165) is 11.4 Å². The van der Waals surface area contributed by atoms with Crippen LogP contribution in [0, 0.1) is 0 Å². The smallest absolute Gasteiger partial charge is 0.0408 e. The van der Waals surface area contributed by atoms with Gasteiger partial charge < -0.3 is 5.32 Å². The summed E-state index contributed by atoms with van der Waals surface area (Å²) in [4.78, 5) is 0. The molecule has 2 rings (SSSR count). The zero-order valence-electron chi connectivity index (χ0n) is 10.6. The number of rotatable bonds is 4. The summed E-state index contributed by atoms with van der Waals surface area (Å²) < 4.78 is 0. The van der Waals surface area contributed by atoms with Gasteiger partial charge in [0.25, 0.3) is 0 Å². The van der Waals surface area contributed by atoms with Gasteiger partial charge in [0.2, 0.25) is 0 Å². The Morgan fingerprint density at radius 1 is 1.35 bits per heavy atom. The van der Waals surface area contributed by atoms with Crippen LogP contribution in [0.25, 0.3) is 0 Å². The summed E-state index contributed by atoms with van der Waals surface area (Å²) >= 11 is 6.06. The molecule has 2 heteroatoms. The van der Waals surface area contributed by atoms with Gasteiger partial charge in [-0.25, -0.2) is 0 Å². The molecule has 1 unspecified atom stereocenters. The number of benzene rings is 1. The van der Waals surface area contributed by atoms with Gasteiger partial charge in [-0.05, 0) is 49.9 Å². The van der Waals surface area contributed by atoms with Crippen LogP contribution in [0.2, 0.25) is 5.02 Å². The van der Waals surface area contributed by atoms with E-state index in [1.165, 1.54) is 44.2 Å². The molecular weight excluding hydrogens is 230 g/mol. The maximum absolute atomic E-state index is 6.06. The van der Waals surface area contributed by atoms with E-state index >= 15 is 0 Å². The van der Waals surface area contributed by atoms with Crippen molar-refractivity contribution >= 4 is 11.6 Å². The highest BCUT2D eigenvalue weighted by Crippen LogP contribution is 2.29. The molecule has 1 aromatic carbocycles. The molecule has 1 aliphatic heterocycles. The number of halogens is 1. The summed E-state index contributed by atoms with van der Waals surface area (Å²) in [5.41, 5.74) is 1.68. The van der Waals surface area contributed by atoms with Crippen molar-refractivity contribution in [2.45, 2.75) is 51.0 Å². The minimum absolute atomic E-state index is 0.317. The minimum atomic E-state index is 0.317. The number of piperidine rings is 1. The zero-order chi connectivity index (χ0) is 12.1. The predicted molar refractivity (Wildman–Crippen MR) is 74.6 cm³/mol. The van der Waals surface area contributed by atoms with Crippen molar-refractivity contribution in [1.82, 2.24) is 5.32 Å². The molecule has 94 valence electrons. The Balaban J connectivity index is 2.11. The fourth-order valence-corrected chi connectivity index (χ4v) is 3.21. The normalized spacial score (nSPS) is 24.8. The molecule has 1 atom stereocenters. The van der Waals surface area contributed by atoms with Gasteiger partial charge in [0.15, 0.2) is 0 Å². The van der Waals surface area contributed by atoms with Gasteiger partial charge in [-0.1, -0.05) is 43.5 Å². The second-order valence-electron chi connectivity index (χ2n) is 5.22. The summed E-state index contributed by atoms with van der Waals surface area (Å²) in [6.07, 6.45) is 7.59. The first-order valence-electron chi connectivity index (χ1n) is 6.74. The molecule has 1 aromatic rings. The summed E-state index contributed by atoms with van der Waals surface area (Å²) in [7, 11) is 0. The molecule has 0 saturated carbocycles. The largest absolute Gasteiger partial charge is 0.311 e. The van der Waals surface area contributed by atoms with Gasteiger partial charge in [-0.15, -0.1) is 0 Å². The van der Waals surface area contributed by atoms with E-state index in [1.54, 1.807) is 0 Å². The summed E-state index contributed by atoms with van der Waals surface area (Å²) in [5.74, 6) is 0. The number of nitrogens with one attached hydrogen (secondary N) is 1. The molecule has 1 N–H and O–H groups in total. The zero-order valence-corrected chi connectivity index (χ0v) is 11.4. The lowest BCUT2D eigenvalue weighted by atomic mass is 9.80. The third kappa shape index (κ3) is 3.46. The lowest BCUT2D eigenvalue weighted by molar-refractivity contribution is 0.233. The van der Waals surface area contributed by atoms with Crippen LogP contribution in [-0.4, -0.2) is 12.1 Å². The molecule has 1 aliphatic rings. The standard InChI is InChI=1S/C15H22ClN/c1-2-8-15(9-3-4-10-17-15)12-13-6-5-7-14(16)11-13/h5-7,11,17H,2-4,8-10,12H2,1H3. The highest BCUT2D eigenvalue weighted by Gasteiger charge is 2.30. The molecule has 0 radical (unpaired) electrons. The molecule has 0 bridgehead atoms. The SMILES string of the molecule is CCCC1(Cc2cccc(Cl)c2)CCCCN1. The first-order valence-corrected chi connectivity index (χ1v) is 7.11. The average molecular weight is 252 g/mol. The lowest BCUT2D eigenvalue weighted by Gasteiger charge is -2.39. The van der Waals surface area contributed by atoms with Crippen LogP contribution in [-0.2, 0) is 6.42 Å². The van der Waals surface area contributed by atoms with Crippen LogP contribution >= 0.6 is 11.6 Å². The van der Waals surface area contributed by atoms with Crippen LogP contribution in [0.1, 0.15) is 44.6 Å². The Hall–Kier alpha value is -0.530. The monoisotopic (exact) mass is 251 g/mol. The lowest BCUT2D eigenvalue weighted by Crippen LogP contribution is -2.50. The van der Waals surface area contributed by atoms with Crippen LogP contribution in [0.5, 0.6) is 0 Å². The van der Waals surface area contributed by atoms with E-state index in [1.807, 2.05) is 6.07 Å². The van der Waals surface area contributed by atoms with E-state index in [9.17, 15) is 0 Å². The van der Waals surface area contributed by atoms with Crippen LogP contribution < -0.4 is 5.32 Å². The molecule has 0 aliphatic carbocycles. The van der Waals surface area contributed by atoms with Gasteiger partial charge in [0, 0.05) is 10.6 Å². The van der Waals surface area contributed by atoms with Crippen molar-refractivity contribution in [3.8, 4) is 0 Å². The highest BCUT2D eigenvalue weighted by molar-refractivity contribution is 6.30. The van der Waals surface area contributed by atoms with E-state index < -0.39 is 0 Å². The number of hydrogen-bond acceptors (Lipinski definition) is 1. The van der Waals surface area contributed by atoms with E-state index in [-0.39, 0.29) is 0 Å². The third-order valence-electron chi connectivity index (χ3n) is 3.74. The van der Waals surface area contributed by atoms with Crippen molar-refractivity contribution in [1.29, 1.82) is 0 Å². The molecule has 1 nitrogen and oxygen atoms in total. The summed E-state index contributed by atoms with van der Waals surface area (Å²) in [6, 6.07) is 8.31. The minimum Gasteiger partial charge on any atom is -0.311 e. The van der Waals surface area contributed by atoms with Gasteiger partial charge in [0.1, 0.15) is 0 Å². The Labute approximate surface area is 110 Å². The molecule has 0 amide bonds. The van der Waals surface area contributed by atoms with Crippen LogP contribution in [0.3, 0.4) is 0 Å². The molecule has 0 spiro atoms. The average Bonchev–Trinajstić information content (AvgIpc) is 2.30. The Morgan fingerprint density at radius 2 is 2.24 bits per heavy atom. The maximum atomic E-state index is 6.06. The van der Waals surface area contributed by atoms with Crippen molar-refractivity contribution in [2.24, 2.45) is 0 Å². The van der Waals surface area contributed by atoms with Crippen LogP contribution in [0.15, 0.2) is 24.3 Å². The topological polar surface area (TPSA) is 12.0 Å². The quantitative estimate of drug-likeness (QED) is 0.846. The fraction of sp³-hybridized carbons (Fsp3) is 0.600. The third-order valence-corrected chi connectivity index (χ3v) is 3.98. The van der Waals surface area contributed by atoms with Gasteiger partial charge in [-0.2, -0.15) is 0 Å². The molecule has 0 aromatic heterocycles. The van der Waals surface area contributed by atoms with E-state index in [4.69, 9.17) is 11.6 Å².